The summed E-state index contributed by atoms with van der Waals surface area (Å²) >= 11 is 0. The SMILES string of the molecule is C=CCN(CC=C)OC(N(CC=C)CC=C)C(CO)(CO)CO. The van der Waals surface area contributed by atoms with Gasteiger partial charge in [-0.1, -0.05) is 24.3 Å². The molecule has 132 valence electrons. The van der Waals surface area contributed by atoms with E-state index < -0.39 is 31.5 Å². The molecule has 0 saturated carbocycles. The third-order valence-corrected chi connectivity index (χ3v) is 3.44. The molecule has 0 aromatic heterocycles. The molecule has 6 heteroatoms. The molecule has 0 spiro atoms. The average molecular weight is 326 g/mol. The van der Waals surface area contributed by atoms with Crippen LogP contribution in [0.4, 0.5) is 0 Å². The molecule has 0 aromatic carbocycles. The van der Waals surface area contributed by atoms with Crippen LogP contribution in [-0.2, 0) is 4.84 Å². The molecule has 3 N–H and O–H groups in total. The summed E-state index contributed by atoms with van der Waals surface area (Å²) in [6, 6.07) is 0. The summed E-state index contributed by atoms with van der Waals surface area (Å²) in [7, 11) is 0. The maximum Gasteiger partial charge on any atom is 0.145 e. The fraction of sp³-hybridized carbons (Fsp3) is 0.529. The lowest BCUT2D eigenvalue weighted by molar-refractivity contribution is -0.281. The molecule has 6 nitrogen and oxygen atoms in total. The van der Waals surface area contributed by atoms with Gasteiger partial charge < -0.3 is 15.3 Å². The molecule has 0 saturated heterocycles. The monoisotopic (exact) mass is 326 g/mol. The van der Waals surface area contributed by atoms with Gasteiger partial charge in [0.05, 0.1) is 25.2 Å². The third-order valence-electron chi connectivity index (χ3n) is 3.44. The van der Waals surface area contributed by atoms with Crippen LogP contribution in [0.15, 0.2) is 50.6 Å². The summed E-state index contributed by atoms with van der Waals surface area (Å²) in [5.41, 5.74) is -1.24. The molecule has 0 fully saturated rings. The quantitative estimate of drug-likeness (QED) is 0.232. The Kier molecular flexibility index (Phi) is 11.5. The standard InChI is InChI=1S/C17H30N2O4/c1-5-9-18(10-6-2)16(17(13-20,14-21)15-22)23-19(11-7-3)12-8-4/h5-8,16,20-22H,1-4,9-15H2. The Morgan fingerprint density at radius 3 is 1.48 bits per heavy atom. The lowest BCUT2D eigenvalue weighted by Crippen LogP contribution is -2.57. The normalized spacial score (nSPS) is 13.1. The molecule has 0 bridgehead atoms. The van der Waals surface area contributed by atoms with Gasteiger partial charge in [0.15, 0.2) is 0 Å². The zero-order valence-electron chi connectivity index (χ0n) is 13.8. The summed E-state index contributed by atoms with van der Waals surface area (Å²) in [5.74, 6) is 0. The van der Waals surface area contributed by atoms with Gasteiger partial charge in [-0.2, -0.15) is 5.06 Å². The first-order chi connectivity index (χ1) is 11.1. The maximum atomic E-state index is 9.77. The number of hydrogen-bond donors (Lipinski definition) is 3. The van der Waals surface area contributed by atoms with Gasteiger partial charge >= 0.3 is 0 Å². The van der Waals surface area contributed by atoms with Gasteiger partial charge in [0.2, 0.25) is 0 Å². The molecular weight excluding hydrogens is 296 g/mol. The van der Waals surface area contributed by atoms with Crippen LogP contribution >= 0.6 is 0 Å². The van der Waals surface area contributed by atoms with E-state index in [0.29, 0.717) is 26.2 Å². The molecule has 0 rings (SSSR count). The van der Waals surface area contributed by atoms with Crippen molar-refractivity contribution in [2.45, 2.75) is 6.23 Å². The van der Waals surface area contributed by atoms with Crippen LogP contribution in [-0.4, -0.2) is 77.5 Å². The smallest absolute Gasteiger partial charge is 0.145 e. The molecule has 1 atom stereocenters. The van der Waals surface area contributed by atoms with Gasteiger partial charge in [-0.15, -0.1) is 26.3 Å². The van der Waals surface area contributed by atoms with E-state index in [0.717, 1.165) is 0 Å². The van der Waals surface area contributed by atoms with Gasteiger partial charge in [-0.25, -0.2) is 0 Å². The highest BCUT2D eigenvalue weighted by Crippen LogP contribution is 2.27. The van der Waals surface area contributed by atoms with E-state index in [4.69, 9.17) is 4.84 Å². The fourth-order valence-electron chi connectivity index (χ4n) is 2.14. The fourth-order valence-corrected chi connectivity index (χ4v) is 2.14. The zero-order chi connectivity index (χ0) is 17.7. The molecule has 0 aliphatic carbocycles. The molecule has 0 heterocycles. The van der Waals surface area contributed by atoms with E-state index in [1.165, 1.54) is 0 Å². The van der Waals surface area contributed by atoms with Gasteiger partial charge in [0.25, 0.3) is 0 Å². The Bertz CT molecular complexity index is 341. The number of hydrogen-bond acceptors (Lipinski definition) is 6. The predicted octanol–water partition coefficient (Wildman–Crippen LogP) is 0.555. The molecule has 0 aromatic rings. The predicted molar refractivity (Wildman–Crippen MR) is 92.5 cm³/mol. The van der Waals surface area contributed by atoms with Crippen molar-refractivity contribution in [2.75, 3.05) is 46.0 Å². The first-order valence-corrected chi connectivity index (χ1v) is 7.51. The van der Waals surface area contributed by atoms with Crippen molar-refractivity contribution in [1.29, 1.82) is 0 Å². The molecule has 23 heavy (non-hydrogen) atoms. The highest BCUT2D eigenvalue weighted by molar-refractivity contribution is 4.92. The minimum Gasteiger partial charge on any atom is -0.395 e. The number of nitrogens with zero attached hydrogens (tertiary/aromatic N) is 2. The zero-order valence-corrected chi connectivity index (χ0v) is 13.8. The lowest BCUT2D eigenvalue weighted by Gasteiger charge is -2.43. The van der Waals surface area contributed by atoms with E-state index in [2.05, 4.69) is 26.3 Å². The Balaban J connectivity index is 5.62. The largest absolute Gasteiger partial charge is 0.395 e. The van der Waals surface area contributed by atoms with Gasteiger partial charge in [-0.3, -0.25) is 9.74 Å². The Labute approximate surface area is 139 Å². The minimum atomic E-state index is -1.24. The summed E-state index contributed by atoms with van der Waals surface area (Å²) < 4.78 is 0. The second kappa shape index (κ2) is 12.2. The van der Waals surface area contributed by atoms with Gasteiger partial charge in [-0.05, 0) is 0 Å². The van der Waals surface area contributed by atoms with Crippen molar-refractivity contribution in [1.82, 2.24) is 9.96 Å². The summed E-state index contributed by atoms with van der Waals surface area (Å²) in [5, 5.41) is 30.9. The highest BCUT2D eigenvalue weighted by atomic mass is 16.7. The van der Waals surface area contributed by atoms with Crippen LogP contribution in [0.3, 0.4) is 0 Å². The van der Waals surface area contributed by atoms with Crippen LogP contribution in [0.1, 0.15) is 0 Å². The molecule has 0 radical (unpaired) electrons. The maximum absolute atomic E-state index is 9.77. The van der Waals surface area contributed by atoms with Crippen LogP contribution in [0.25, 0.3) is 0 Å². The van der Waals surface area contributed by atoms with Crippen molar-refractivity contribution in [2.24, 2.45) is 5.41 Å². The third kappa shape index (κ3) is 6.39. The van der Waals surface area contributed by atoms with E-state index >= 15 is 0 Å². The van der Waals surface area contributed by atoms with Crippen LogP contribution in [0.2, 0.25) is 0 Å². The van der Waals surface area contributed by atoms with Gasteiger partial charge in [0.1, 0.15) is 6.23 Å². The number of aliphatic hydroxyl groups is 3. The van der Waals surface area contributed by atoms with E-state index in [1.54, 1.807) is 29.4 Å². The van der Waals surface area contributed by atoms with Crippen molar-refractivity contribution in [3.63, 3.8) is 0 Å². The van der Waals surface area contributed by atoms with Crippen LogP contribution in [0, 0.1) is 5.41 Å². The van der Waals surface area contributed by atoms with E-state index in [-0.39, 0.29) is 0 Å². The summed E-state index contributed by atoms with van der Waals surface area (Å²) in [4.78, 5) is 7.80. The Hall–Kier alpha value is -1.28. The minimum absolute atomic E-state index is 0.427. The lowest BCUT2D eigenvalue weighted by atomic mass is 9.88. The molecule has 1 unspecified atom stereocenters. The first-order valence-electron chi connectivity index (χ1n) is 7.51. The van der Waals surface area contributed by atoms with E-state index in [1.807, 2.05) is 4.90 Å². The van der Waals surface area contributed by atoms with Crippen molar-refractivity contribution >= 4 is 0 Å². The Morgan fingerprint density at radius 2 is 1.17 bits per heavy atom. The molecular formula is C17H30N2O4. The summed E-state index contributed by atoms with van der Waals surface area (Å²) in [6.45, 7) is 15.2. The van der Waals surface area contributed by atoms with Crippen LogP contribution in [0.5, 0.6) is 0 Å². The summed E-state index contributed by atoms with van der Waals surface area (Å²) in [6.07, 6.45) is 5.93. The first kappa shape index (κ1) is 21.7. The van der Waals surface area contributed by atoms with Crippen molar-refractivity contribution < 1.29 is 20.2 Å². The highest BCUT2D eigenvalue weighted by Gasteiger charge is 2.43. The number of hydroxylamine groups is 2. The molecule has 0 amide bonds. The average Bonchev–Trinajstić information content (AvgIpc) is 2.56. The number of aliphatic hydroxyl groups excluding tert-OH is 3. The second-order valence-electron chi connectivity index (χ2n) is 5.25. The topological polar surface area (TPSA) is 76.4 Å². The van der Waals surface area contributed by atoms with Gasteiger partial charge in [0, 0.05) is 26.2 Å². The Morgan fingerprint density at radius 1 is 0.783 bits per heavy atom. The van der Waals surface area contributed by atoms with Crippen molar-refractivity contribution in [3.8, 4) is 0 Å². The second-order valence-corrected chi connectivity index (χ2v) is 5.25. The van der Waals surface area contributed by atoms with Crippen molar-refractivity contribution in [3.05, 3.63) is 50.6 Å². The molecule has 0 aliphatic rings. The number of rotatable bonds is 15. The van der Waals surface area contributed by atoms with E-state index in [9.17, 15) is 15.3 Å². The molecule has 0 aliphatic heterocycles. The van der Waals surface area contributed by atoms with Crippen LogP contribution < -0.4 is 0 Å².